The summed E-state index contributed by atoms with van der Waals surface area (Å²) in [4.78, 5) is 15.7. The molecule has 18 heavy (non-hydrogen) atoms. The maximum atomic E-state index is 11.7. The zero-order valence-corrected chi connectivity index (χ0v) is 10.7. The first-order chi connectivity index (χ1) is 8.54. The second kappa shape index (κ2) is 5.00. The van der Waals surface area contributed by atoms with Crippen molar-refractivity contribution in [2.24, 2.45) is 0 Å². The number of carbonyl (C=O) groups excluding carboxylic acids is 1. The van der Waals surface area contributed by atoms with Crippen molar-refractivity contribution in [1.29, 1.82) is 0 Å². The van der Waals surface area contributed by atoms with E-state index in [2.05, 4.69) is 15.5 Å². The fraction of sp³-hybridized carbons (Fsp3) is 0.308. The van der Waals surface area contributed by atoms with Crippen LogP contribution in [0.1, 0.15) is 22.8 Å². The Morgan fingerprint density at radius 1 is 1.28 bits per heavy atom. The molecule has 1 aromatic carbocycles. The lowest BCUT2D eigenvalue weighted by molar-refractivity contribution is -0.115. The van der Waals surface area contributed by atoms with Gasteiger partial charge in [0.05, 0.1) is 0 Å². The van der Waals surface area contributed by atoms with E-state index >= 15 is 0 Å². The van der Waals surface area contributed by atoms with Gasteiger partial charge in [0.15, 0.2) is 5.82 Å². The van der Waals surface area contributed by atoms with Crippen LogP contribution >= 0.6 is 0 Å². The molecule has 0 radical (unpaired) electrons. The number of amides is 1. The second-order valence-electron chi connectivity index (χ2n) is 4.26. The predicted molar refractivity (Wildman–Crippen MR) is 67.3 cm³/mol. The zero-order valence-electron chi connectivity index (χ0n) is 10.7. The first-order valence-corrected chi connectivity index (χ1v) is 5.71. The molecule has 0 saturated heterocycles. The Hall–Kier alpha value is -2.17. The lowest BCUT2D eigenvalue weighted by Gasteiger charge is -2.06. The number of anilines is 1. The third-order valence-corrected chi connectivity index (χ3v) is 2.67. The molecule has 1 amide bonds. The summed E-state index contributed by atoms with van der Waals surface area (Å²) >= 11 is 0. The van der Waals surface area contributed by atoms with Crippen molar-refractivity contribution in [3.8, 4) is 0 Å². The maximum Gasteiger partial charge on any atom is 0.236 e. The quantitative estimate of drug-likeness (QED) is 0.899. The Morgan fingerprint density at radius 2 is 2.06 bits per heavy atom. The molecule has 1 heterocycles. The second-order valence-corrected chi connectivity index (χ2v) is 4.26. The largest absolute Gasteiger partial charge is 0.339 e. The smallest absolute Gasteiger partial charge is 0.236 e. The minimum absolute atomic E-state index is 0.0910. The van der Waals surface area contributed by atoms with E-state index in [0.717, 1.165) is 11.3 Å². The number of hydrogen-bond acceptors (Lipinski definition) is 4. The summed E-state index contributed by atoms with van der Waals surface area (Å²) in [5, 5.41) is 6.44. The predicted octanol–water partition coefficient (Wildman–Crippen LogP) is 2.18. The average Bonchev–Trinajstić information content (AvgIpc) is 2.69. The van der Waals surface area contributed by atoms with Crippen molar-refractivity contribution in [1.82, 2.24) is 10.1 Å². The van der Waals surface area contributed by atoms with Gasteiger partial charge in [0.25, 0.3) is 0 Å². The Bertz CT molecular complexity index is 575. The number of aromatic nitrogens is 2. The number of nitrogens with zero attached hydrogens (tertiary/aromatic N) is 2. The molecule has 2 aromatic rings. The Labute approximate surface area is 105 Å². The Morgan fingerprint density at radius 3 is 2.67 bits per heavy atom. The summed E-state index contributed by atoms with van der Waals surface area (Å²) in [5.74, 6) is 0.694. The number of benzene rings is 1. The van der Waals surface area contributed by atoms with Crippen molar-refractivity contribution in [3.63, 3.8) is 0 Å². The van der Waals surface area contributed by atoms with E-state index in [1.165, 1.54) is 5.56 Å². The summed E-state index contributed by atoms with van der Waals surface area (Å²) in [6, 6.07) is 5.79. The number of hydrogen-bond donors (Lipinski definition) is 1. The molecule has 1 aromatic heterocycles. The van der Waals surface area contributed by atoms with Crippen LogP contribution in [0.4, 0.5) is 5.69 Å². The van der Waals surface area contributed by atoms with E-state index in [0.29, 0.717) is 11.7 Å². The summed E-state index contributed by atoms with van der Waals surface area (Å²) in [5.41, 5.74) is 3.11. The Balaban J connectivity index is 2.00. The summed E-state index contributed by atoms with van der Waals surface area (Å²) in [6.07, 6.45) is 0.0910. The topological polar surface area (TPSA) is 68.0 Å². The maximum absolute atomic E-state index is 11.7. The molecule has 5 nitrogen and oxygen atoms in total. The molecule has 1 N–H and O–H groups in total. The third kappa shape index (κ3) is 2.94. The van der Waals surface area contributed by atoms with Gasteiger partial charge in [0.1, 0.15) is 6.42 Å². The fourth-order valence-corrected chi connectivity index (χ4v) is 1.57. The van der Waals surface area contributed by atoms with Crippen LogP contribution in [0.2, 0.25) is 0 Å². The Kier molecular flexibility index (Phi) is 3.41. The van der Waals surface area contributed by atoms with Gasteiger partial charge in [-0.1, -0.05) is 11.2 Å². The van der Waals surface area contributed by atoms with Crippen molar-refractivity contribution >= 4 is 11.6 Å². The molecule has 5 heteroatoms. The van der Waals surface area contributed by atoms with E-state index < -0.39 is 0 Å². The lowest BCUT2D eigenvalue weighted by atomic mass is 10.1. The van der Waals surface area contributed by atoms with Crippen LogP contribution in [0.5, 0.6) is 0 Å². The monoisotopic (exact) mass is 245 g/mol. The number of rotatable bonds is 3. The normalized spacial score (nSPS) is 10.4. The van der Waals surface area contributed by atoms with E-state index in [1.807, 2.05) is 32.0 Å². The number of aryl methyl sites for hydroxylation is 3. The molecule has 94 valence electrons. The standard InChI is InChI=1S/C13H15N3O2/c1-8-4-5-11(6-9(8)2)15-12(17)7-13-14-10(3)16-18-13/h4-6H,7H2,1-3H3,(H,15,17). The highest BCUT2D eigenvalue weighted by atomic mass is 16.5. The number of carbonyl (C=O) groups is 1. The zero-order chi connectivity index (χ0) is 13.1. The molecular formula is C13H15N3O2. The summed E-state index contributed by atoms with van der Waals surface area (Å²) in [7, 11) is 0. The molecule has 0 aliphatic heterocycles. The van der Waals surface area contributed by atoms with E-state index in [9.17, 15) is 4.79 Å². The average molecular weight is 245 g/mol. The molecule has 0 unspecified atom stereocenters. The van der Waals surface area contributed by atoms with Gasteiger partial charge in [-0.25, -0.2) is 0 Å². The highest BCUT2D eigenvalue weighted by molar-refractivity contribution is 5.91. The van der Waals surface area contributed by atoms with Crippen LogP contribution in [0.3, 0.4) is 0 Å². The van der Waals surface area contributed by atoms with Gasteiger partial charge in [-0.3, -0.25) is 4.79 Å². The minimum atomic E-state index is -0.165. The van der Waals surface area contributed by atoms with Gasteiger partial charge in [0, 0.05) is 5.69 Å². The van der Waals surface area contributed by atoms with Gasteiger partial charge in [0.2, 0.25) is 11.8 Å². The molecule has 0 aliphatic rings. The van der Waals surface area contributed by atoms with Crippen LogP contribution in [-0.4, -0.2) is 16.0 Å². The molecular weight excluding hydrogens is 230 g/mol. The third-order valence-electron chi connectivity index (χ3n) is 2.67. The summed E-state index contributed by atoms with van der Waals surface area (Å²) < 4.78 is 4.89. The highest BCUT2D eigenvalue weighted by Crippen LogP contribution is 2.14. The van der Waals surface area contributed by atoms with Gasteiger partial charge in [-0.05, 0) is 44.0 Å². The molecule has 0 spiro atoms. The van der Waals surface area contributed by atoms with Crippen LogP contribution in [0, 0.1) is 20.8 Å². The van der Waals surface area contributed by atoms with Crippen molar-refractivity contribution < 1.29 is 9.32 Å². The van der Waals surface area contributed by atoms with Crippen molar-refractivity contribution in [2.45, 2.75) is 27.2 Å². The van der Waals surface area contributed by atoms with Crippen molar-refractivity contribution in [3.05, 3.63) is 41.0 Å². The van der Waals surface area contributed by atoms with Crippen LogP contribution in [-0.2, 0) is 11.2 Å². The van der Waals surface area contributed by atoms with Crippen LogP contribution < -0.4 is 5.32 Å². The first kappa shape index (κ1) is 12.3. The first-order valence-electron chi connectivity index (χ1n) is 5.71. The molecule has 0 bridgehead atoms. The molecule has 0 aliphatic carbocycles. The fourth-order valence-electron chi connectivity index (χ4n) is 1.57. The van der Waals surface area contributed by atoms with Gasteiger partial charge < -0.3 is 9.84 Å². The highest BCUT2D eigenvalue weighted by Gasteiger charge is 2.10. The SMILES string of the molecule is Cc1noc(CC(=O)Nc2ccc(C)c(C)c2)n1. The molecule has 0 saturated carbocycles. The number of nitrogens with one attached hydrogen (secondary N) is 1. The van der Waals surface area contributed by atoms with Gasteiger partial charge in [-0.2, -0.15) is 4.98 Å². The lowest BCUT2D eigenvalue weighted by Crippen LogP contribution is -2.14. The van der Waals surface area contributed by atoms with Gasteiger partial charge >= 0.3 is 0 Å². The molecule has 0 fully saturated rings. The van der Waals surface area contributed by atoms with E-state index in [1.54, 1.807) is 6.92 Å². The molecule has 2 rings (SSSR count). The minimum Gasteiger partial charge on any atom is -0.339 e. The van der Waals surface area contributed by atoms with Crippen LogP contribution in [0.15, 0.2) is 22.7 Å². The van der Waals surface area contributed by atoms with Gasteiger partial charge in [-0.15, -0.1) is 0 Å². The van der Waals surface area contributed by atoms with Crippen molar-refractivity contribution in [2.75, 3.05) is 5.32 Å². The van der Waals surface area contributed by atoms with E-state index in [-0.39, 0.29) is 12.3 Å². The summed E-state index contributed by atoms with van der Waals surface area (Å²) in [6.45, 7) is 5.75. The van der Waals surface area contributed by atoms with E-state index in [4.69, 9.17) is 4.52 Å². The van der Waals surface area contributed by atoms with Crippen LogP contribution in [0.25, 0.3) is 0 Å². The molecule has 0 atom stereocenters.